The van der Waals surface area contributed by atoms with Gasteiger partial charge in [0.05, 0.1) is 5.02 Å². The van der Waals surface area contributed by atoms with Gasteiger partial charge in [-0.3, -0.25) is 0 Å². The molecular weight excluding hydrogens is 405 g/mol. The molecule has 7 heteroatoms. The van der Waals surface area contributed by atoms with Crippen molar-refractivity contribution in [1.82, 2.24) is 4.31 Å². The van der Waals surface area contributed by atoms with Gasteiger partial charge in [-0.15, -0.1) is 0 Å². The molecule has 0 radical (unpaired) electrons. The lowest BCUT2D eigenvalue weighted by atomic mass is 10.2. The minimum Gasteiger partial charge on any atom is -0.207 e. The monoisotopic (exact) mass is 415 g/mol. The number of hydrogen-bond donors (Lipinski definition) is 0. The van der Waals surface area contributed by atoms with E-state index in [0.717, 1.165) is 17.3 Å². The molecule has 0 bridgehead atoms. The average molecular weight is 418 g/mol. The summed E-state index contributed by atoms with van der Waals surface area (Å²) in [6.45, 7) is 1.05. The van der Waals surface area contributed by atoms with Crippen molar-refractivity contribution in [3.05, 3.63) is 27.7 Å². The van der Waals surface area contributed by atoms with Gasteiger partial charge in [0.15, 0.2) is 0 Å². The zero-order valence-corrected chi connectivity index (χ0v) is 14.2. The molecule has 1 unspecified atom stereocenters. The van der Waals surface area contributed by atoms with Gasteiger partial charge in [-0.1, -0.05) is 43.5 Å². The predicted molar refractivity (Wildman–Crippen MR) is 79.9 cm³/mol. The Morgan fingerprint density at radius 1 is 1.39 bits per heavy atom. The van der Waals surface area contributed by atoms with Crippen molar-refractivity contribution in [3.8, 4) is 0 Å². The van der Waals surface area contributed by atoms with E-state index in [1.165, 1.54) is 4.31 Å². The smallest absolute Gasteiger partial charge is 0.207 e. The topological polar surface area (TPSA) is 37.4 Å². The third-order valence-corrected chi connectivity index (χ3v) is 6.43. The zero-order chi connectivity index (χ0) is 13.3. The molecule has 0 aliphatic carbocycles. The number of hydrogen-bond acceptors (Lipinski definition) is 2. The van der Waals surface area contributed by atoms with E-state index in [4.69, 9.17) is 11.6 Å². The van der Waals surface area contributed by atoms with Crippen LogP contribution in [0, 0.1) is 0 Å². The van der Waals surface area contributed by atoms with Crippen molar-refractivity contribution in [1.29, 1.82) is 0 Å². The zero-order valence-electron chi connectivity index (χ0n) is 9.44. The van der Waals surface area contributed by atoms with Crippen LogP contribution in [0.4, 0.5) is 0 Å². The molecule has 0 aromatic heterocycles. The minimum atomic E-state index is -3.49. The number of nitrogens with zero attached hydrogens (tertiary/aromatic N) is 1. The molecule has 1 aromatic rings. The Bertz CT molecular complexity index is 550. The van der Waals surface area contributed by atoms with Crippen molar-refractivity contribution in [2.75, 3.05) is 13.1 Å². The number of alkyl halides is 1. The van der Waals surface area contributed by atoms with Gasteiger partial charge in [0.1, 0.15) is 4.90 Å². The minimum absolute atomic E-state index is 0.175. The largest absolute Gasteiger partial charge is 0.244 e. The summed E-state index contributed by atoms with van der Waals surface area (Å²) in [5.41, 5.74) is 0. The molecule has 0 saturated carbocycles. The Balaban J connectivity index is 2.35. The first-order valence-electron chi connectivity index (χ1n) is 5.50. The first kappa shape index (κ1) is 14.8. The molecule has 100 valence electrons. The SMILES string of the molecule is O=S(=O)(c1ccc(Br)cc1Cl)N1CCCC(Br)C1. The van der Waals surface area contributed by atoms with Crippen molar-refractivity contribution in [2.24, 2.45) is 0 Å². The fraction of sp³-hybridized carbons (Fsp3) is 0.455. The van der Waals surface area contributed by atoms with Crippen LogP contribution < -0.4 is 0 Å². The molecule has 1 aliphatic heterocycles. The summed E-state index contributed by atoms with van der Waals surface area (Å²) < 4.78 is 27.2. The van der Waals surface area contributed by atoms with Gasteiger partial charge < -0.3 is 0 Å². The van der Waals surface area contributed by atoms with E-state index < -0.39 is 10.0 Å². The molecule has 1 aliphatic rings. The second kappa shape index (κ2) is 5.79. The van der Waals surface area contributed by atoms with Crippen molar-refractivity contribution >= 4 is 53.5 Å². The van der Waals surface area contributed by atoms with Gasteiger partial charge in [0.25, 0.3) is 0 Å². The summed E-state index contributed by atoms with van der Waals surface area (Å²) in [5.74, 6) is 0. The first-order valence-corrected chi connectivity index (χ1v) is 9.03. The highest BCUT2D eigenvalue weighted by atomic mass is 79.9. The molecular formula is C11H12Br2ClNO2S. The van der Waals surface area contributed by atoms with Crippen LogP contribution in [0.1, 0.15) is 12.8 Å². The van der Waals surface area contributed by atoms with Gasteiger partial charge in [-0.25, -0.2) is 8.42 Å². The van der Waals surface area contributed by atoms with E-state index in [1.54, 1.807) is 18.2 Å². The van der Waals surface area contributed by atoms with Crippen LogP contribution >= 0.6 is 43.5 Å². The van der Waals surface area contributed by atoms with E-state index in [2.05, 4.69) is 31.9 Å². The van der Waals surface area contributed by atoms with Crippen LogP contribution in [-0.4, -0.2) is 30.6 Å². The number of sulfonamides is 1. The molecule has 1 aromatic carbocycles. The molecule has 1 atom stereocenters. The highest BCUT2D eigenvalue weighted by Gasteiger charge is 2.30. The molecule has 1 fully saturated rings. The Labute approximate surface area is 129 Å². The summed E-state index contributed by atoms with van der Waals surface area (Å²) >= 11 is 12.8. The second-order valence-corrected chi connectivity index (χ2v) is 8.70. The van der Waals surface area contributed by atoms with Gasteiger partial charge in [-0.05, 0) is 31.0 Å². The van der Waals surface area contributed by atoms with Crippen molar-refractivity contribution < 1.29 is 8.42 Å². The Morgan fingerprint density at radius 3 is 2.72 bits per heavy atom. The fourth-order valence-electron chi connectivity index (χ4n) is 1.93. The summed E-state index contributed by atoms with van der Waals surface area (Å²) in [5, 5.41) is 0.251. The summed E-state index contributed by atoms with van der Waals surface area (Å²) in [6.07, 6.45) is 1.86. The van der Waals surface area contributed by atoms with Gasteiger partial charge in [0.2, 0.25) is 10.0 Å². The Morgan fingerprint density at radius 2 is 2.11 bits per heavy atom. The molecule has 0 amide bonds. The normalized spacial score (nSPS) is 22.1. The lowest BCUT2D eigenvalue weighted by Gasteiger charge is -2.29. The molecule has 1 heterocycles. The van der Waals surface area contributed by atoms with Gasteiger partial charge in [-0.2, -0.15) is 4.31 Å². The first-order chi connectivity index (χ1) is 8.41. The highest BCUT2D eigenvalue weighted by molar-refractivity contribution is 9.10. The molecule has 1 saturated heterocycles. The summed E-state index contributed by atoms with van der Waals surface area (Å²) in [6, 6.07) is 4.83. The van der Waals surface area contributed by atoms with Gasteiger partial charge >= 0.3 is 0 Å². The van der Waals surface area contributed by atoms with E-state index in [0.29, 0.717) is 13.1 Å². The van der Waals surface area contributed by atoms with Crippen LogP contribution in [0.5, 0.6) is 0 Å². The van der Waals surface area contributed by atoms with E-state index >= 15 is 0 Å². The molecule has 18 heavy (non-hydrogen) atoms. The molecule has 2 rings (SSSR count). The number of rotatable bonds is 2. The van der Waals surface area contributed by atoms with Crippen molar-refractivity contribution in [3.63, 3.8) is 0 Å². The van der Waals surface area contributed by atoms with Gasteiger partial charge in [0, 0.05) is 22.4 Å². The van der Waals surface area contributed by atoms with Crippen LogP contribution in [0.3, 0.4) is 0 Å². The predicted octanol–water partition coefficient (Wildman–Crippen LogP) is 3.65. The van der Waals surface area contributed by atoms with E-state index in [1.807, 2.05) is 0 Å². The van der Waals surface area contributed by atoms with Crippen molar-refractivity contribution in [2.45, 2.75) is 22.6 Å². The van der Waals surface area contributed by atoms with Crippen LogP contribution in [-0.2, 0) is 10.0 Å². The van der Waals surface area contributed by atoms with Crippen LogP contribution in [0.25, 0.3) is 0 Å². The third kappa shape index (κ3) is 3.10. The van der Waals surface area contributed by atoms with E-state index in [-0.39, 0.29) is 14.7 Å². The lowest BCUT2D eigenvalue weighted by molar-refractivity contribution is 0.356. The summed E-state index contributed by atoms with van der Waals surface area (Å²) in [4.78, 5) is 0.393. The Hall–Kier alpha value is 0.380. The second-order valence-electron chi connectivity index (χ2n) is 4.18. The summed E-state index contributed by atoms with van der Waals surface area (Å²) in [7, 11) is -3.49. The lowest BCUT2D eigenvalue weighted by Crippen LogP contribution is -2.40. The molecule has 0 N–H and O–H groups in total. The number of benzene rings is 1. The van der Waals surface area contributed by atoms with Crippen LogP contribution in [0.15, 0.2) is 27.6 Å². The number of piperidine rings is 1. The van der Waals surface area contributed by atoms with Crippen LogP contribution in [0.2, 0.25) is 5.02 Å². The molecule has 3 nitrogen and oxygen atoms in total. The maximum Gasteiger partial charge on any atom is 0.244 e. The Kier molecular flexibility index (Phi) is 4.75. The quantitative estimate of drug-likeness (QED) is 0.689. The maximum absolute atomic E-state index is 12.5. The fourth-order valence-corrected chi connectivity index (χ4v) is 5.33. The number of halogens is 3. The standard InChI is InChI=1S/C11H12Br2ClNO2S/c12-8-3-4-11(10(14)6-8)18(16,17)15-5-1-2-9(13)7-15/h3-4,6,9H,1-2,5,7H2. The highest BCUT2D eigenvalue weighted by Crippen LogP contribution is 2.30. The maximum atomic E-state index is 12.5. The molecule has 0 spiro atoms. The third-order valence-electron chi connectivity index (χ3n) is 2.84. The average Bonchev–Trinajstić information content (AvgIpc) is 2.28. The van der Waals surface area contributed by atoms with E-state index in [9.17, 15) is 8.42 Å².